The molecule has 1 saturated heterocycles. The fourth-order valence-corrected chi connectivity index (χ4v) is 3.70. The molecule has 2 fully saturated rings. The summed E-state index contributed by atoms with van der Waals surface area (Å²) in [4.78, 5) is 14.8. The number of aliphatic imine (C=N–C) groups is 1. The third-order valence-electron chi connectivity index (χ3n) is 5.84. The normalized spacial score (nSPS) is 19.1. The number of anilines is 1. The van der Waals surface area contributed by atoms with Gasteiger partial charge in [0.2, 0.25) is 5.95 Å². The van der Waals surface area contributed by atoms with E-state index >= 15 is 0 Å². The summed E-state index contributed by atoms with van der Waals surface area (Å²) >= 11 is 0. The van der Waals surface area contributed by atoms with Crippen LogP contribution < -0.4 is 5.73 Å². The molecule has 5 rings (SSSR count). The number of nitrogens with two attached hydrogens (primary N) is 1. The third-order valence-corrected chi connectivity index (χ3v) is 5.84. The fourth-order valence-electron chi connectivity index (χ4n) is 3.70. The molecule has 1 aliphatic carbocycles. The minimum absolute atomic E-state index is 0.0625. The van der Waals surface area contributed by atoms with Crippen LogP contribution in [0.5, 0.6) is 0 Å². The van der Waals surface area contributed by atoms with E-state index in [0.29, 0.717) is 6.42 Å². The van der Waals surface area contributed by atoms with Crippen LogP contribution in [-0.4, -0.2) is 62.2 Å². The minimum atomic E-state index is -2.42. The van der Waals surface area contributed by atoms with Gasteiger partial charge in [-0.15, -0.1) is 5.10 Å². The topological polar surface area (TPSA) is 84.7 Å². The highest BCUT2D eigenvalue weighted by molar-refractivity contribution is 5.83. The predicted octanol–water partition coefficient (Wildman–Crippen LogP) is 6.83. The Hall–Kier alpha value is -3.08. The number of likely N-dealkylation sites (tertiary alicyclic amines) is 1. The summed E-state index contributed by atoms with van der Waals surface area (Å²) in [6, 6.07) is 5.89. The van der Waals surface area contributed by atoms with E-state index in [-0.39, 0.29) is 31.3 Å². The van der Waals surface area contributed by atoms with Crippen molar-refractivity contribution in [2.75, 3.05) is 25.9 Å². The molecule has 0 radical (unpaired) electrons. The lowest BCUT2D eigenvalue weighted by molar-refractivity contribution is -0.0571. The van der Waals surface area contributed by atoms with Crippen molar-refractivity contribution in [1.82, 2.24) is 24.5 Å². The molecule has 2 aliphatic rings. The summed E-state index contributed by atoms with van der Waals surface area (Å²) < 4.78 is 49.6. The molecule has 210 valence electrons. The molecule has 11 heteroatoms. The molecule has 1 aliphatic heterocycles. The van der Waals surface area contributed by atoms with Gasteiger partial charge in [-0.2, -0.15) is 0 Å². The Kier molecular flexibility index (Phi) is 10.8. The summed E-state index contributed by atoms with van der Waals surface area (Å²) in [7, 11) is 1.73. The summed E-state index contributed by atoms with van der Waals surface area (Å²) in [5, 5.41) is 4.13. The van der Waals surface area contributed by atoms with Gasteiger partial charge < -0.3 is 10.6 Å². The van der Waals surface area contributed by atoms with Gasteiger partial charge in [0, 0.05) is 36.2 Å². The number of halogens is 4. The van der Waals surface area contributed by atoms with Crippen LogP contribution in [0.15, 0.2) is 35.6 Å². The molecule has 0 spiro atoms. The number of rotatable bonds is 2. The first-order valence-corrected chi connectivity index (χ1v) is 12.8. The van der Waals surface area contributed by atoms with Crippen LogP contribution in [0.3, 0.4) is 0 Å². The first-order valence-electron chi connectivity index (χ1n) is 12.8. The van der Waals surface area contributed by atoms with Gasteiger partial charge in [0.25, 0.3) is 11.8 Å². The van der Waals surface area contributed by atoms with Gasteiger partial charge in [-0.3, -0.25) is 9.98 Å². The summed E-state index contributed by atoms with van der Waals surface area (Å²) in [6.45, 7) is 12.2. The van der Waals surface area contributed by atoms with E-state index in [2.05, 4.69) is 20.1 Å². The van der Waals surface area contributed by atoms with Crippen LogP contribution >= 0.6 is 0 Å². The van der Waals surface area contributed by atoms with Gasteiger partial charge in [0.1, 0.15) is 0 Å². The van der Waals surface area contributed by atoms with Gasteiger partial charge in [-0.1, -0.05) is 20.8 Å². The Bertz CT molecular complexity index is 1220. The highest BCUT2D eigenvalue weighted by atomic mass is 19.3. The lowest BCUT2D eigenvalue weighted by Crippen LogP contribution is -2.39. The number of piperidine rings is 1. The molecule has 1 saturated carbocycles. The Labute approximate surface area is 222 Å². The van der Waals surface area contributed by atoms with E-state index in [1.54, 1.807) is 29.6 Å². The molecular weight excluding hydrogens is 498 g/mol. The maximum Gasteiger partial charge on any atom is 0.260 e. The number of aryl methyl sites for hydroxylation is 1. The third kappa shape index (κ3) is 9.04. The average Bonchev–Trinajstić information content (AvgIpc) is 3.19. The van der Waals surface area contributed by atoms with Crippen molar-refractivity contribution in [1.29, 1.82) is 0 Å². The second-order valence-corrected chi connectivity index (χ2v) is 9.60. The molecule has 0 amide bonds. The molecule has 4 heterocycles. The van der Waals surface area contributed by atoms with Gasteiger partial charge >= 0.3 is 0 Å². The van der Waals surface area contributed by atoms with Crippen LogP contribution in [-0.2, 0) is 0 Å². The van der Waals surface area contributed by atoms with Crippen LogP contribution in [0.4, 0.5) is 29.2 Å². The second-order valence-electron chi connectivity index (χ2n) is 9.60. The average molecular weight is 538 g/mol. The van der Waals surface area contributed by atoms with Crippen molar-refractivity contribution in [2.24, 2.45) is 10.9 Å². The molecule has 0 bridgehead atoms. The molecule has 1 unspecified atom stereocenters. The van der Waals surface area contributed by atoms with Crippen LogP contribution in [0, 0.1) is 12.8 Å². The van der Waals surface area contributed by atoms with E-state index in [0.717, 1.165) is 40.4 Å². The molecule has 3 aromatic rings. The molecule has 3 aromatic heterocycles. The number of fused-ring (bicyclic) bond motifs is 1. The molecular formula is C27H39F4N7. The lowest BCUT2D eigenvalue weighted by atomic mass is 10.1. The quantitative estimate of drug-likeness (QED) is 0.286. The van der Waals surface area contributed by atoms with Crippen molar-refractivity contribution >= 4 is 22.9 Å². The minimum Gasteiger partial charge on any atom is -0.367 e. The first-order chi connectivity index (χ1) is 17.8. The second kappa shape index (κ2) is 13.1. The summed E-state index contributed by atoms with van der Waals surface area (Å²) in [5.41, 5.74) is 11.1. The smallest absolute Gasteiger partial charge is 0.260 e. The largest absolute Gasteiger partial charge is 0.367 e. The summed E-state index contributed by atoms with van der Waals surface area (Å²) in [5.74, 6) is -4.80. The van der Waals surface area contributed by atoms with Crippen molar-refractivity contribution in [3.8, 4) is 11.3 Å². The van der Waals surface area contributed by atoms with E-state index in [4.69, 9.17) is 5.73 Å². The maximum absolute atomic E-state index is 12.4. The van der Waals surface area contributed by atoms with Crippen LogP contribution in [0.25, 0.3) is 16.8 Å². The number of nitrogen functional groups attached to an aromatic ring is 1. The van der Waals surface area contributed by atoms with Gasteiger partial charge in [-0.25, -0.2) is 27.1 Å². The Morgan fingerprint density at radius 3 is 2.24 bits per heavy atom. The number of aromatic nitrogens is 4. The van der Waals surface area contributed by atoms with Crippen molar-refractivity contribution in [2.45, 2.75) is 72.6 Å². The van der Waals surface area contributed by atoms with E-state index < -0.39 is 11.8 Å². The zero-order valence-electron chi connectivity index (χ0n) is 23.3. The molecule has 2 N–H and O–H groups in total. The zero-order chi connectivity index (χ0) is 28.7. The molecule has 0 aromatic carbocycles. The van der Waals surface area contributed by atoms with Crippen LogP contribution in [0.2, 0.25) is 0 Å². The highest BCUT2D eigenvalue weighted by Gasteiger charge is 2.53. The number of hydrogen-bond acceptors (Lipinski definition) is 6. The maximum atomic E-state index is 12.4. The van der Waals surface area contributed by atoms with Crippen molar-refractivity contribution in [3.05, 3.63) is 36.3 Å². The number of alkyl halides is 4. The first kappa shape index (κ1) is 31.1. The molecule has 7 nitrogen and oxygen atoms in total. The standard InChI is InChI=1S/C15H16N6.C6H11F2N.C4H6F2.C2H6/c1-9(2)18-12-4-5-13(19-10(12)3)11-6-7-21-14(11)8-17-15(16)20-21;1-9-4-2-3-6(7,8)5-9;1-3-2-4(3,5)6;1-2/h4-8H,1-3H3,(H2,16,20);2-5H2,1H3;3H,2H2,1H3;1-2H3. The van der Waals surface area contributed by atoms with Gasteiger partial charge in [-0.05, 0) is 59.0 Å². The van der Waals surface area contributed by atoms with E-state index in [1.165, 1.54) is 0 Å². The fraction of sp³-hybridized carbons (Fsp3) is 0.556. The highest BCUT2D eigenvalue weighted by Crippen LogP contribution is 2.47. The lowest BCUT2D eigenvalue weighted by Gasteiger charge is -2.28. The Morgan fingerprint density at radius 2 is 1.76 bits per heavy atom. The number of hydrogen-bond donors (Lipinski definition) is 1. The van der Waals surface area contributed by atoms with Crippen molar-refractivity contribution in [3.63, 3.8) is 0 Å². The predicted molar refractivity (Wildman–Crippen MR) is 146 cm³/mol. The van der Waals surface area contributed by atoms with Gasteiger partial charge in [0.15, 0.2) is 0 Å². The van der Waals surface area contributed by atoms with Crippen LogP contribution in [0.1, 0.15) is 59.6 Å². The van der Waals surface area contributed by atoms with E-state index in [9.17, 15) is 17.6 Å². The summed E-state index contributed by atoms with van der Waals surface area (Å²) in [6.07, 6.45) is 4.35. The zero-order valence-corrected chi connectivity index (χ0v) is 23.3. The SMILES string of the molecule is CC.CC(C)=Nc1ccc(-c2ccn3nc(N)ncc23)nc1C.CC1CC1(F)F.CN1CCCC(F)(F)C1. The molecule has 38 heavy (non-hydrogen) atoms. The Balaban J connectivity index is 0.000000244. The molecule has 1 atom stereocenters. The number of pyridine rings is 1. The Morgan fingerprint density at radius 1 is 1.13 bits per heavy atom. The monoisotopic (exact) mass is 537 g/mol. The van der Waals surface area contributed by atoms with Gasteiger partial charge in [0.05, 0.1) is 35.3 Å². The van der Waals surface area contributed by atoms with E-state index in [1.807, 2.05) is 59.0 Å². The van der Waals surface area contributed by atoms with Crippen molar-refractivity contribution < 1.29 is 17.6 Å². The number of nitrogens with zero attached hydrogens (tertiary/aromatic N) is 6.